The summed E-state index contributed by atoms with van der Waals surface area (Å²) in [4.78, 5) is 2.21. The van der Waals surface area contributed by atoms with Gasteiger partial charge in [0.05, 0.1) is 6.67 Å². The van der Waals surface area contributed by atoms with E-state index in [1.165, 1.54) is 0 Å². The number of phenols is 1. The summed E-state index contributed by atoms with van der Waals surface area (Å²) in [6.45, 7) is 8.87. The Bertz CT molecular complexity index is 1440. The van der Waals surface area contributed by atoms with Crippen molar-refractivity contribution in [2.45, 2.75) is 13.0 Å². The highest BCUT2D eigenvalue weighted by Gasteiger charge is 2.32. The Kier molecular flexibility index (Phi) is 6.42. The van der Waals surface area contributed by atoms with Gasteiger partial charge in [-0.15, -0.1) is 0 Å². The first-order valence-corrected chi connectivity index (χ1v) is 13.0. The van der Waals surface area contributed by atoms with Gasteiger partial charge in [-0.05, 0) is 72.2 Å². The van der Waals surface area contributed by atoms with Crippen LogP contribution in [0.25, 0.3) is 17.2 Å². The van der Waals surface area contributed by atoms with Crippen molar-refractivity contribution in [3.8, 4) is 17.2 Å². The van der Waals surface area contributed by atoms with Crippen molar-refractivity contribution < 1.29 is 19.0 Å². The topological polar surface area (TPSA) is 54.0 Å². The van der Waals surface area contributed by atoms with E-state index in [0.29, 0.717) is 6.61 Å². The molecule has 0 spiro atoms. The van der Waals surface area contributed by atoms with Gasteiger partial charge in [-0.1, -0.05) is 30.8 Å². The average molecular weight is 511 g/mol. The maximum absolute atomic E-state index is 12.7. The molecular formula is C32H31FN2O3. The molecule has 3 aromatic carbocycles. The largest absolute Gasteiger partial charge is 0.508 e. The van der Waals surface area contributed by atoms with Gasteiger partial charge in [0, 0.05) is 53.6 Å². The van der Waals surface area contributed by atoms with Crippen molar-refractivity contribution >= 4 is 22.9 Å². The van der Waals surface area contributed by atoms with E-state index in [9.17, 15) is 9.50 Å². The van der Waals surface area contributed by atoms with E-state index in [2.05, 4.69) is 35.9 Å². The van der Waals surface area contributed by atoms with Gasteiger partial charge in [0.1, 0.15) is 30.0 Å². The second kappa shape index (κ2) is 10.0. The fourth-order valence-electron chi connectivity index (χ4n) is 5.48. The third-order valence-electron chi connectivity index (χ3n) is 7.52. The SMILES string of the molecule is C=C1C=Cc2c(ccc3c2OC(c2ccc(OCCN4CC(CF)C4)cc2)C(c2cccc(O)c2)=C3C)N1. The molecule has 2 N–H and O–H groups in total. The fourth-order valence-corrected chi connectivity index (χ4v) is 5.48. The van der Waals surface area contributed by atoms with Crippen LogP contribution in [0.3, 0.4) is 0 Å². The summed E-state index contributed by atoms with van der Waals surface area (Å²) in [5, 5.41) is 13.6. The van der Waals surface area contributed by atoms with Gasteiger partial charge >= 0.3 is 0 Å². The second-order valence-electron chi connectivity index (χ2n) is 10.2. The molecule has 194 valence electrons. The zero-order chi connectivity index (χ0) is 26.2. The third-order valence-corrected chi connectivity index (χ3v) is 7.52. The van der Waals surface area contributed by atoms with Crippen LogP contribution in [0.2, 0.25) is 0 Å². The lowest BCUT2D eigenvalue weighted by molar-refractivity contribution is 0.0668. The molecule has 3 aliphatic rings. The van der Waals surface area contributed by atoms with Crippen LogP contribution in [0.4, 0.5) is 10.1 Å². The number of aromatic hydroxyl groups is 1. The lowest BCUT2D eigenvalue weighted by Gasteiger charge is -2.37. The molecule has 0 amide bonds. The minimum Gasteiger partial charge on any atom is -0.508 e. The highest BCUT2D eigenvalue weighted by Crippen LogP contribution is 2.50. The Morgan fingerprint density at radius 1 is 1.11 bits per heavy atom. The van der Waals surface area contributed by atoms with Crippen LogP contribution in [-0.4, -0.2) is 42.9 Å². The van der Waals surface area contributed by atoms with Gasteiger partial charge in [0.25, 0.3) is 0 Å². The zero-order valence-corrected chi connectivity index (χ0v) is 21.4. The van der Waals surface area contributed by atoms with Crippen molar-refractivity contribution in [3.05, 3.63) is 101 Å². The van der Waals surface area contributed by atoms with Gasteiger partial charge in [-0.25, -0.2) is 0 Å². The molecule has 38 heavy (non-hydrogen) atoms. The summed E-state index contributed by atoms with van der Waals surface area (Å²) in [5.74, 6) is 2.01. The molecule has 6 rings (SSSR count). The number of phenolic OH excluding ortho intramolecular Hbond substituents is 1. The summed E-state index contributed by atoms with van der Waals surface area (Å²) < 4.78 is 25.4. The Hall–Kier alpha value is -4.03. The van der Waals surface area contributed by atoms with E-state index < -0.39 is 0 Å². The van der Waals surface area contributed by atoms with E-state index >= 15 is 0 Å². The van der Waals surface area contributed by atoms with Gasteiger partial charge in [0.2, 0.25) is 0 Å². The van der Waals surface area contributed by atoms with Crippen LogP contribution in [0, 0.1) is 5.92 Å². The smallest absolute Gasteiger partial charge is 0.150 e. The molecule has 1 unspecified atom stereocenters. The number of rotatable bonds is 7. The Balaban J connectivity index is 1.31. The van der Waals surface area contributed by atoms with Crippen LogP contribution < -0.4 is 14.8 Å². The molecule has 6 heteroatoms. The van der Waals surface area contributed by atoms with E-state index in [-0.39, 0.29) is 24.4 Å². The molecule has 1 saturated heterocycles. The molecule has 1 atom stereocenters. The molecule has 3 aliphatic heterocycles. The quantitative estimate of drug-likeness (QED) is 0.371. The second-order valence-corrected chi connectivity index (χ2v) is 10.2. The van der Waals surface area contributed by atoms with Crippen molar-refractivity contribution in [1.82, 2.24) is 4.90 Å². The van der Waals surface area contributed by atoms with Crippen LogP contribution in [0.15, 0.2) is 79.0 Å². The number of ether oxygens (including phenoxy) is 2. The standard InChI is InChI=1S/C32H31FN2O3/c1-20-6-11-28-29(34-20)13-12-27-21(2)30(24-4-3-5-25(36)16-24)31(38-32(27)28)23-7-9-26(10-8-23)37-15-14-35-18-22(17-33)19-35/h3-13,16,22,31,34,36H,1,14-15,17-19H2,2H3. The molecule has 1 fully saturated rings. The number of anilines is 1. The molecule has 0 aliphatic carbocycles. The number of nitrogens with zero attached hydrogens (tertiary/aromatic N) is 1. The van der Waals surface area contributed by atoms with Gasteiger partial charge in [0.15, 0.2) is 0 Å². The van der Waals surface area contributed by atoms with Gasteiger partial charge in [-0.2, -0.15) is 0 Å². The molecule has 5 nitrogen and oxygen atoms in total. The molecular weight excluding hydrogens is 479 g/mol. The van der Waals surface area contributed by atoms with Crippen molar-refractivity contribution in [1.29, 1.82) is 0 Å². The fraction of sp³-hybridized carbons (Fsp3) is 0.250. The van der Waals surface area contributed by atoms with Gasteiger partial charge < -0.3 is 19.9 Å². The first-order chi connectivity index (χ1) is 18.5. The van der Waals surface area contributed by atoms with Crippen molar-refractivity contribution in [2.24, 2.45) is 5.92 Å². The number of benzene rings is 3. The average Bonchev–Trinajstić information content (AvgIpc) is 2.90. The van der Waals surface area contributed by atoms with Gasteiger partial charge in [-0.3, -0.25) is 9.29 Å². The van der Waals surface area contributed by atoms with E-state index in [0.717, 1.165) is 75.9 Å². The maximum Gasteiger partial charge on any atom is 0.150 e. The predicted octanol–water partition coefficient (Wildman–Crippen LogP) is 6.69. The van der Waals surface area contributed by atoms with E-state index in [1.807, 2.05) is 48.6 Å². The number of allylic oxidation sites excluding steroid dienone is 2. The highest BCUT2D eigenvalue weighted by molar-refractivity contribution is 5.98. The lowest BCUT2D eigenvalue weighted by atomic mass is 9.85. The summed E-state index contributed by atoms with van der Waals surface area (Å²) >= 11 is 0. The number of hydrogen-bond acceptors (Lipinski definition) is 5. The number of halogens is 1. The Labute approximate surface area is 222 Å². The zero-order valence-electron chi connectivity index (χ0n) is 21.4. The van der Waals surface area contributed by atoms with Crippen molar-refractivity contribution in [2.75, 3.05) is 38.2 Å². The maximum atomic E-state index is 12.7. The normalized spacial score (nSPS) is 18.8. The number of nitrogens with one attached hydrogen (secondary N) is 1. The minimum absolute atomic E-state index is 0.183. The minimum atomic E-state index is -0.373. The van der Waals surface area contributed by atoms with E-state index in [4.69, 9.17) is 9.47 Å². The van der Waals surface area contributed by atoms with Crippen LogP contribution in [0.1, 0.15) is 35.3 Å². The summed E-state index contributed by atoms with van der Waals surface area (Å²) in [6.07, 6.45) is 3.62. The summed E-state index contributed by atoms with van der Waals surface area (Å²) in [5.41, 5.74) is 7.84. The lowest BCUT2D eigenvalue weighted by Crippen LogP contribution is -2.49. The monoisotopic (exact) mass is 510 g/mol. The van der Waals surface area contributed by atoms with Crippen LogP contribution in [-0.2, 0) is 0 Å². The van der Waals surface area contributed by atoms with Crippen molar-refractivity contribution in [3.63, 3.8) is 0 Å². The first-order valence-electron chi connectivity index (χ1n) is 13.0. The molecule has 0 aromatic heterocycles. The Morgan fingerprint density at radius 2 is 1.92 bits per heavy atom. The predicted molar refractivity (Wildman–Crippen MR) is 150 cm³/mol. The number of alkyl halides is 1. The molecule has 0 bridgehead atoms. The third kappa shape index (κ3) is 4.56. The molecule has 0 radical (unpaired) electrons. The molecule has 3 heterocycles. The number of likely N-dealkylation sites (tertiary alicyclic amines) is 1. The Morgan fingerprint density at radius 3 is 2.68 bits per heavy atom. The molecule has 0 saturated carbocycles. The summed E-state index contributed by atoms with van der Waals surface area (Å²) in [7, 11) is 0. The van der Waals surface area contributed by atoms with E-state index in [1.54, 1.807) is 12.1 Å². The summed E-state index contributed by atoms with van der Waals surface area (Å²) in [6, 6.07) is 19.5. The van der Waals surface area contributed by atoms with Crippen LogP contribution >= 0.6 is 0 Å². The first kappa shape index (κ1) is 24.3. The highest BCUT2D eigenvalue weighted by atomic mass is 19.1. The number of hydrogen-bond donors (Lipinski definition) is 2. The molecule has 3 aromatic rings. The number of fused-ring (bicyclic) bond motifs is 3. The van der Waals surface area contributed by atoms with Crippen LogP contribution in [0.5, 0.6) is 17.2 Å².